The Labute approximate surface area is 145 Å². The van der Waals surface area contributed by atoms with Gasteiger partial charge in [-0.25, -0.2) is 4.99 Å². The summed E-state index contributed by atoms with van der Waals surface area (Å²) >= 11 is 0. The molecule has 0 aromatic heterocycles. The average Bonchev–Trinajstić information content (AvgIpc) is 2.50. The van der Waals surface area contributed by atoms with Gasteiger partial charge in [-0.1, -0.05) is 18.2 Å². The van der Waals surface area contributed by atoms with Gasteiger partial charge in [-0.2, -0.15) is 0 Å². The lowest BCUT2D eigenvalue weighted by Crippen LogP contribution is -2.44. The number of benzene rings is 1. The van der Waals surface area contributed by atoms with Crippen LogP contribution in [-0.4, -0.2) is 55.6 Å². The summed E-state index contributed by atoms with van der Waals surface area (Å²) in [6.07, 6.45) is 0. The van der Waals surface area contributed by atoms with Gasteiger partial charge in [-0.3, -0.25) is 4.79 Å². The van der Waals surface area contributed by atoms with Gasteiger partial charge in [-0.05, 0) is 39.8 Å². The molecular formula is C18H30N4O2. The predicted molar refractivity (Wildman–Crippen MR) is 98.4 cm³/mol. The molecule has 0 saturated heterocycles. The molecule has 0 unspecified atom stereocenters. The van der Waals surface area contributed by atoms with E-state index in [9.17, 15) is 4.79 Å². The van der Waals surface area contributed by atoms with Crippen LogP contribution in [0.4, 0.5) is 0 Å². The lowest BCUT2D eigenvalue weighted by Gasteiger charge is -2.23. The molecule has 24 heavy (non-hydrogen) atoms. The van der Waals surface area contributed by atoms with Crippen LogP contribution in [0.5, 0.6) is 5.75 Å². The number of nitrogens with zero attached hydrogens (tertiary/aromatic N) is 2. The minimum atomic E-state index is -0.250. The number of hydrogen-bond acceptors (Lipinski definition) is 3. The van der Waals surface area contributed by atoms with Gasteiger partial charge in [-0.15, -0.1) is 0 Å². The van der Waals surface area contributed by atoms with E-state index in [1.165, 1.54) is 0 Å². The van der Waals surface area contributed by atoms with Crippen LogP contribution in [0.1, 0.15) is 27.7 Å². The zero-order valence-electron chi connectivity index (χ0n) is 15.4. The lowest BCUT2D eigenvalue weighted by molar-refractivity contribution is -0.121. The number of carbonyl (C=O) groups is 1. The minimum absolute atomic E-state index is 0.0909. The Morgan fingerprint density at radius 2 is 1.92 bits per heavy atom. The van der Waals surface area contributed by atoms with Gasteiger partial charge in [0.25, 0.3) is 0 Å². The van der Waals surface area contributed by atoms with E-state index in [1.807, 2.05) is 70.0 Å². The van der Waals surface area contributed by atoms with Crippen LogP contribution in [0.25, 0.3) is 0 Å². The number of carbonyl (C=O) groups excluding carboxylic acids is 1. The molecule has 0 aliphatic heterocycles. The average molecular weight is 334 g/mol. The molecule has 0 aliphatic carbocycles. The number of likely N-dealkylation sites (N-methyl/N-ethyl adjacent to an activating group) is 1. The molecule has 134 valence electrons. The van der Waals surface area contributed by atoms with Crippen LogP contribution < -0.4 is 15.4 Å². The summed E-state index contributed by atoms with van der Waals surface area (Å²) in [4.78, 5) is 18.2. The molecule has 6 nitrogen and oxygen atoms in total. The van der Waals surface area contributed by atoms with Crippen molar-refractivity contribution in [1.29, 1.82) is 0 Å². The van der Waals surface area contributed by atoms with E-state index < -0.39 is 0 Å². The van der Waals surface area contributed by atoms with Crippen molar-refractivity contribution in [3.63, 3.8) is 0 Å². The van der Waals surface area contributed by atoms with E-state index in [-0.39, 0.29) is 18.0 Å². The van der Waals surface area contributed by atoms with Crippen molar-refractivity contribution in [2.45, 2.75) is 33.2 Å². The fourth-order valence-corrected chi connectivity index (χ4v) is 2.00. The molecule has 0 aliphatic rings. The van der Waals surface area contributed by atoms with Crippen LogP contribution in [0.2, 0.25) is 0 Å². The summed E-state index contributed by atoms with van der Waals surface area (Å²) < 4.78 is 5.69. The third kappa shape index (κ3) is 8.41. The quantitative estimate of drug-likeness (QED) is 0.590. The number of nitrogens with one attached hydrogen (secondary N) is 2. The minimum Gasteiger partial charge on any atom is -0.492 e. The van der Waals surface area contributed by atoms with Crippen LogP contribution in [0.15, 0.2) is 35.3 Å². The fraction of sp³-hybridized carbons (Fsp3) is 0.556. The molecule has 0 atom stereocenters. The highest BCUT2D eigenvalue weighted by Gasteiger charge is 2.14. The Kier molecular flexibility index (Phi) is 8.09. The first-order valence-electron chi connectivity index (χ1n) is 8.30. The van der Waals surface area contributed by atoms with Crippen molar-refractivity contribution in [2.75, 3.05) is 33.3 Å². The molecule has 0 bridgehead atoms. The summed E-state index contributed by atoms with van der Waals surface area (Å²) in [5.41, 5.74) is -0.250. The number of ether oxygens (including phenoxy) is 1. The van der Waals surface area contributed by atoms with E-state index in [4.69, 9.17) is 4.74 Å². The van der Waals surface area contributed by atoms with Crippen molar-refractivity contribution in [2.24, 2.45) is 4.99 Å². The van der Waals surface area contributed by atoms with E-state index >= 15 is 0 Å². The molecule has 2 N–H and O–H groups in total. The summed E-state index contributed by atoms with van der Waals surface area (Å²) in [5.74, 6) is 1.45. The van der Waals surface area contributed by atoms with Crippen LogP contribution in [0.3, 0.4) is 0 Å². The van der Waals surface area contributed by atoms with E-state index in [0.717, 1.165) is 12.3 Å². The Balaban J connectivity index is 2.49. The Morgan fingerprint density at radius 1 is 1.25 bits per heavy atom. The van der Waals surface area contributed by atoms with E-state index in [0.29, 0.717) is 19.1 Å². The Hall–Kier alpha value is -2.24. The highest BCUT2D eigenvalue weighted by atomic mass is 16.5. The molecule has 1 rings (SSSR count). The molecule has 6 heteroatoms. The first-order chi connectivity index (χ1) is 11.3. The zero-order chi connectivity index (χ0) is 18.0. The van der Waals surface area contributed by atoms with Crippen molar-refractivity contribution in [1.82, 2.24) is 15.5 Å². The number of hydrogen-bond donors (Lipinski definition) is 2. The van der Waals surface area contributed by atoms with Crippen molar-refractivity contribution in [3.05, 3.63) is 30.3 Å². The first-order valence-corrected chi connectivity index (χ1v) is 8.30. The molecule has 1 aromatic carbocycles. The lowest BCUT2D eigenvalue weighted by atomic mass is 10.1. The van der Waals surface area contributed by atoms with Crippen LogP contribution in [0, 0.1) is 0 Å². The number of aliphatic imine (C=N–C) groups is 1. The Bertz CT molecular complexity index is 524. The number of para-hydroxylation sites is 1. The molecule has 1 amide bonds. The molecule has 1 aromatic rings. The highest BCUT2D eigenvalue weighted by Crippen LogP contribution is 2.07. The molecule has 0 spiro atoms. The monoisotopic (exact) mass is 334 g/mol. The molecular weight excluding hydrogens is 304 g/mol. The van der Waals surface area contributed by atoms with Crippen LogP contribution >= 0.6 is 0 Å². The van der Waals surface area contributed by atoms with Gasteiger partial charge in [0, 0.05) is 19.1 Å². The van der Waals surface area contributed by atoms with Crippen LogP contribution in [-0.2, 0) is 4.79 Å². The second-order valence-corrected chi connectivity index (χ2v) is 6.55. The number of guanidine groups is 1. The normalized spacial score (nSPS) is 11.8. The largest absolute Gasteiger partial charge is 0.492 e. The van der Waals surface area contributed by atoms with Crippen molar-refractivity contribution >= 4 is 11.9 Å². The standard InChI is InChI=1S/C18H30N4O2/c1-6-19-17(20-14-16(23)21-18(2,3)4)22(5)12-13-24-15-10-8-7-9-11-15/h7-11H,6,12-14H2,1-5H3,(H,19,20)(H,21,23). The topological polar surface area (TPSA) is 66.0 Å². The smallest absolute Gasteiger partial charge is 0.242 e. The second kappa shape index (κ2) is 9.80. The van der Waals surface area contributed by atoms with Gasteiger partial charge >= 0.3 is 0 Å². The summed E-state index contributed by atoms with van der Waals surface area (Å²) in [6, 6.07) is 9.70. The summed E-state index contributed by atoms with van der Waals surface area (Å²) in [5, 5.41) is 6.09. The molecule has 0 heterocycles. The van der Waals surface area contributed by atoms with Gasteiger partial charge in [0.1, 0.15) is 18.9 Å². The highest BCUT2D eigenvalue weighted by molar-refractivity contribution is 5.85. The fourth-order valence-electron chi connectivity index (χ4n) is 2.00. The zero-order valence-corrected chi connectivity index (χ0v) is 15.4. The van der Waals surface area contributed by atoms with E-state index in [2.05, 4.69) is 15.6 Å². The first kappa shape index (κ1) is 19.8. The van der Waals surface area contributed by atoms with Gasteiger partial charge in [0.05, 0.1) is 6.54 Å². The second-order valence-electron chi connectivity index (χ2n) is 6.55. The third-order valence-corrected chi connectivity index (χ3v) is 3.02. The summed E-state index contributed by atoms with van der Waals surface area (Å²) in [7, 11) is 1.93. The molecule has 0 fully saturated rings. The summed E-state index contributed by atoms with van der Waals surface area (Å²) in [6.45, 7) is 9.90. The number of amides is 1. The predicted octanol–water partition coefficient (Wildman–Crippen LogP) is 1.88. The maximum Gasteiger partial charge on any atom is 0.242 e. The number of rotatable bonds is 7. The van der Waals surface area contributed by atoms with Crippen molar-refractivity contribution < 1.29 is 9.53 Å². The molecule has 0 saturated carbocycles. The van der Waals surface area contributed by atoms with E-state index in [1.54, 1.807) is 0 Å². The SMILES string of the molecule is CCNC(=NCC(=O)NC(C)(C)C)N(C)CCOc1ccccc1. The maximum absolute atomic E-state index is 11.9. The van der Waals surface area contributed by atoms with Gasteiger partial charge in [0.2, 0.25) is 5.91 Å². The van der Waals surface area contributed by atoms with Gasteiger partial charge < -0.3 is 20.3 Å². The maximum atomic E-state index is 11.9. The van der Waals surface area contributed by atoms with Crippen molar-refractivity contribution in [3.8, 4) is 5.75 Å². The third-order valence-electron chi connectivity index (χ3n) is 3.02. The van der Waals surface area contributed by atoms with Gasteiger partial charge in [0.15, 0.2) is 5.96 Å². The Morgan fingerprint density at radius 3 is 2.50 bits per heavy atom. The molecule has 0 radical (unpaired) electrons.